The number of benzene rings is 1. The van der Waals surface area contributed by atoms with Crippen molar-refractivity contribution in [2.45, 2.75) is 18.9 Å². The van der Waals surface area contributed by atoms with Gasteiger partial charge in [0.25, 0.3) is 0 Å². The molecule has 0 saturated heterocycles. The van der Waals surface area contributed by atoms with Crippen molar-refractivity contribution in [2.24, 2.45) is 0 Å². The molecular weight excluding hydrogens is 190 g/mol. The Morgan fingerprint density at radius 1 is 1.47 bits per heavy atom. The molecule has 1 aromatic rings. The highest BCUT2D eigenvalue weighted by molar-refractivity contribution is 5.83. The number of rotatable bonds is 0. The minimum Gasteiger partial charge on any atom is -0.490 e. The van der Waals surface area contributed by atoms with Gasteiger partial charge < -0.3 is 9.64 Å². The van der Waals surface area contributed by atoms with Crippen molar-refractivity contribution >= 4 is 5.91 Å². The molecule has 2 heterocycles. The predicted octanol–water partition coefficient (Wildman–Crippen LogP) is 1.31. The first-order chi connectivity index (χ1) is 7.13. The normalized spacial score (nSPS) is 27.6. The van der Waals surface area contributed by atoms with Gasteiger partial charge in [0.2, 0.25) is 5.91 Å². The monoisotopic (exact) mass is 203 g/mol. The van der Waals surface area contributed by atoms with E-state index >= 15 is 0 Å². The van der Waals surface area contributed by atoms with Crippen molar-refractivity contribution in [3.63, 3.8) is 0 Å². The molecule has 0 aliphatic carbocycles. The Morgan fingerprint density at radius 3 is 3.07 bits per heavy atom. The third kappa shape index (κ3) is 0.928. The third-order valence-corrected chi connectivity index (χ3v) is 3.62. The topological polar surface area (TPSA) is 29.5 Å². The van der Waals surface area contributed by atoms with Crippen LogP contribution in [0.2, 0.25) is 0 Å². The Morgan fingerprint density at radius 2 is 2.27 bits per heavy atom. The zero-order chi connectivity index (χ0) is 10.6. The summed E-state index contributed by atoms with van der Waals surface area (Å²) in [4.78, 5) is 13.6. The lowest BCUT2D eigenvalue weighted by molar-refractivity contribution is -0.136. The van der Waals surface area contributed by atoms with Crippen LogP contribution in [0.25, 0.3) is 0 Å². The van der Waals surface area contributed by atoms with Crippen LogP contribution in [-0.2, 0) is 16.8 Å². The molecule has 2 aliphatic rings. The molecule has 15 heavy (non-hydrogen) atoms. The lowest BCUT2D eigenvalue weighted by Gasteiger charge is -2.39. The Kier molecular flexibility index (Phi) is 1.48. The number of likely N-dealkylation sites (N-methyl/N-ethyl adjacent to an activating group) is 1. The summed E-state index contributed by atoms with van der Waals surface area (Å²) in [6.45, 7) is 2.64. The van der Waals surface area contributed by atoms with E-state index in [-0.39, 0.29) is 11.4 Å². The van der Waals surface area contributed by atoms with E-state index in [1.165, 1.54) is 5.56 Å². The van der Waals surface area contributed by atoms with Crippen molar-refractivity contribution < 1.29 is 9.53 Å². The maximum atomic E-state index is 11.8. The molecule has 1 aromatic carbocycles. The van der Waals surface area contributed by atoms with Crippen LogP contribution in [0.4, 0.5) is 0 Å². The van der Waals surface area contributed by atoms with Crippen molar-refractivity contribution in [1.82, 2.24) is 4.90 Å². The summed E-state index contributed by atoms with van der Waals surface area (Å²) in [6.07, 6.45) is 0.499. The zero-order valence-corrected chi connectivity index (χ0v) is 8.91. The van der Waals surface area contributed by atoms with Crippen LogP contribution in [0.5, 0.6) is 5.75 Å². The molecule has 0 N–H and O–H groups in total. The largest absolute Gasteiger partial charge is 0.490 e. The number of nitrogens with zero attached hydrogens (tertiary/aromatic N) is 1. The van der Waals surface area contributed by atoms with Crippen LogP contribution >= 0.6 is 0 Å². The summed E-state index contributed by atoms with van der Waals surface area (Å²) in [6, 6.07) is 5.96. The fourth-order valence-electron chi connectivity index (χ4n) is 2.57. The average Bonchev–Trinajstić information content (AvgIpc) is 2.57. The first-order valence-electron chi connectivity index (χ1n) is 5.15. The average molecular weight is 203 g/mol. The predicted molar refractivity (Wildman–Crippen MR) is 55.8 cm³/mol. The molecule has 3 nitrogen and oxygen atoms in total. The molecule has 78 valence electrons. The van der Waals surface area contributed by atoms with Crippen LogP contribution in [0, 0.1) is 0 Å². The van der Waals surface area contributed by atoms with Gasteiger partial charge in [-0.05, 0) is 18.6 Å². The Bertz CT molecular complexity index is 455. The fraction of sp³-hybridized carbons (Fsp3) is 0.417. The van der Waals surface area contributed by atoms with Crippen molar-refractivity contribution in [2.75, 3.05) is 13.7 Å². The van der Waals surface area contributed by atoms with E-state index in [9.17, 15) is 4.79 Å². The number of carbonyl (C=O) groups excluding carboxylic acids is 1. The first-order valence-corrected chi connectivity index (χ1v) is 5.15. The number of hydrogen-bond donors (Lipinski definition) is 0. The molecule has 1 atom stereocenters. The molecule has 3 rings (SSSR count). The van der Waals surface area contributed by atoms with Crippen molar-refractivity contribution in [1.29, 1.82) is 0 Å². The van der Waals surface area contributed by atoms with E-state index in [1.54, 1.807) is 0 Å². The fourth-order valence-corrected chi connectivity index (χ4v) is 2.57. The highest BCUT2D eigenvalue weighted by Gasteiger charge is 2.46. The van der Waals surface area contributed by atoms with E-state index in [0.717, 1.165) is 11.3 Å². The van der Waals surface area contributed by atoms with Crippen LogP contribution in [0.15, 0.2) is 18.2 Å². The molecule has 0 radical (unpaired) electrons. The van der Waals surface area contributed by atoms with Gasteiger partial charge in [-0.2, -0.15) is 0 Å². The van der Waals surface area contributed by atoms with E-state index < -0.39 is 0 Å². The molecule has 3 heteroatoms. The Balaban J connectivity index is 2.29. The summed E-state index contributed by atoms with van der Waals surface area (Å²) >= 11 is 0. The lowest BCUT2D eigenvalue weighted by Crippen LogP contribution is -2.50. The molecule has 0 spiro atoms. The van der Waals surface area contributed by atoms with Crippen molar-refractivity contribution in [3.8, 4) is 5.75 Å². The van der Waals surface area contributed by atoms with Crippen molar-refractivity contribution in [3.05, 3.63) is 29.3 Å². The summed E-state index contributed by atoms with van der Waals surface area (Å²) in [5.74, 6) is 1.11. The molecule has 0 saturated carbocycles. The number of carbonyl (C=O) groups is 1. The van der Waals surface area contributed by atoms with Gasteiger partial charge in [-0.1, -0.05) is 12.1 Å². The van der Waals surface area contributed by atoms with E-state index in [1.807, 2.05) is 30.1 Å². The SMILES string of the molecule is CN1C(=O)Cc2cccc3c2[C@]1(C)CO3. The Labute approximate surface area is 88.6 Å². The second-order valence-corrected chi connectivity index (χ2v) is 4.48. The van der Waals surface area contributed by atoms with Crippen LogP contribution in [0.3, 0.4) is 0 Å². The number of amides is 1. The molecule has 2 aliphatic heterocycles. The molecule has 1 amide bonds. The summed E-state index contributed by atoms with van der Waals surface area (Å²) < 4.78 is 5.65. The van der Waals surface area contributed by atoms with Crippen LogP contribution in [-0.4, -0.2) is 24.5 Å². The number of ether oxygens (including phenoxy) is 1. The maximum absolute atomic E-state index is 11.8. The van der Waals surface area contributed by atoms with Gasteiger partial charge in [-0.15, -0.1) is 0 Å². The second-order valence-electron chi connectivity index (χ2n) is 4.48. The highest BCUT2D eigenvalue weighted by atomic mass is 16.5. The number of hydrogen-bond acceptors (Lipinski definition) is 2. The first kappa shape index (κ1) is 8.77. The maximum Gasteiger partial charge on any atom is 0.227 e. The van der Waals surface area contributed by atoms with Gasteiger partial charge in [-0.25, -0.2) is 0 Å². The van der Waals surface area contributed by atoms with Gasteiger partial charge in [0.15, 0.2) is 0 Å². The molecule has 0 unspecified atom stereocenters. The molecule has 0 fully saturated rings. The van der Waals surface area contributed by atoms with E-state index in [0.29, 0.717) is 13.0 Å². The third-order valence-electron chi connectivity index (χ3n) is 3.62. The Hall–Kier alpha value is -1.51. The van der Waals surface area contributed by atoms with Crippen LogP contribution in [0.1, 0.15) is 18.1 Å². The second kappa shape index (κ2) is 2.54. The summed E-state index contributed by atoms with van der Waals surface area (Å²) in [5.41, 5.74) is 2.06. The van der Waals surface area contributed by atoms with Gasteiger partial charge in [0, 0.05) is 12.6 Å². The van der Waals surface area contributed by atoms with Gasteiger partial charge in [0.1, 0.15) is 17.9 Å². The minimum absolute atomic E-state index is 0.174. The lowest BCUT2D eigenvalue weighted by atomic mass is 9.83. The standard InChI is InChI=1S/C12H13NO2/c1-12-7-15-9-5-3-4-8(11(9)12)6-10(14)13(12)2/h3-5H,6-7H2,1-2H3/t12-/m0/s1. The summed E-state index contributed by atoms with van der Waals surface area (Å²) in [5, 5.41) is 0. The zero-order valence-electron chi connectivity index (χ0n) is 8.91. The van der Waals surface area contributed by atoms with E-state index in [2.05, 4.69) is 6.92 Å². The van der Waals surface area contributed by atoms with Gasteiger partial charge in [0.05, 0.1) is 6.42 Å². The molecular formula is C12H13NO2. The highest BCUT2D eigenvalue weighted by Crippen LogP contribution is 2.45. The molecule has 0 aromatic heterocycles. The quantitative estimate of drug-likeness (QED) is 0.636. The van der Waals surface area contributed by atoms with Gasteiger partial charge in [-0.3, -0.25) is 4.79 Å². The smallest absolute Gasteiger partial charge is 0.227 e. The van der Waals surface area contributed by atoms with E-state index in [4.69, 9.17) is 4.74 Å². The molecule has 0 bridgehead atoms. The van der Waals surface area contributed by atoms with Gasteiger partial charge >= 0.3 is 0 Å². The summed E-state index contributed by atoms with van der Waals surface area (Å²) in [7, 11) is 1.86. The van der Waals surface area contributed by atoms with Crippen LogP contribution < -0.4 is 4.74 Å². The minimum atomic E-state index is -0.263.